The summed E-state index contributed by atoms with van der Waals surface area (Å²) in [4.78, 5) is 13.2. The van der Waals surface area contributed by atoms with Gasteiger partial charge in [0.2, 0.25) is 0 Å². The minimum Gasteiger partial charge on any atom is -0.440 e. The van der Waals surface area contributed by atoms with Gasteiger partial charge in [-0.25, -0.2) is 4.79 Å². The molecule has 1 heterocycles. The van der Waals surface area contributed by atoms with Crippen LogP contribution >= 0.6 is 0 Å². The second-order valence-electron chi connectivity index (χ2n) is 4.84. The molecule has 0 bridgehead atoms. The zero-order valence-corrected chi connectivity index (χ0v) is 11.4. The number of para-hydroxylation sites is 1. The third-order valence-electron chi connectivity index (χ3n) is 3.22. The third kappa shape index (κ3) is 4.84. The Morgan fingerprint density at radius 3 is 2.86 bits per heavy atom. The van der Waals surface area contributed by atoms with Gasteiger partial charge < -0.3 is 15.0 Å². The van der Waals surface area contributed by atoms with Crippen molar-refractivity contribution in [3.63, 3.8) is 0 Å². The van der Waals surface area contributed by atoms with Crippen molar-refractivity contribution in [3.8, 4) is 0 Å². The van der Waals surface area contributed by atoms with Gasteiger partial charge in [-0.1, -0.05) is 18.2 Å². The van der Waals surface area contributed by atoms with Crippen molar-refractivity contribution < 1.29 is 22.7 Å². The van der Waals surface area contributed by atoms with Crippen LogP contribution in [0.2, 0.25) is 0 Å². The molecule has 1 aromatic carbocycles. The summed E-state index contributed by atoms with van der Waals surface area (Å²) in [6, 6.07) is 8.11. The quantitative estimate of drug-likeness (QED) is 0.850. The maximum Gasteiger partial charge on any atom is 0.422 e. The van der Waals surface area contributed by atoms with Crippen LogP contribution in [0.3, 0.4) is 0 Å². The monoisotopic (exact) mass is 302 g/mol. The molecule has 0 atom stereocenters. The molecule has 0 aromatic heterocycles. The van der Waals surface area contributed by atoms with E-state index in [1.54, 1.807) is 0 Å². The molecular formula is C14H17F3N2O2. The molecule has 1 N–H and O–H groups in total. The van der Waals surface area contributed by atoms with Crippen LogP contribution in [0.5, 0.6) is 0 Å². The lowest BCUT2D eigenvalue weighted by molar-refractivity contribution is -0.160. The standard InChI is InChI=1S/C14H17F3N2O2/c15-14(16,17)10-21-13(20)18-7-3-8-19-9-6-11-4-1-2-5-12(11)19/h1-2,4-5H,3,6-10H2,(H,18,20). The van der Waals surface area contributed by atoms with E-state index in [0.29, 0.717) is 6.42 Å². The van der Waals surface area contributed by atoms with Gasteiger partial charge >= 0.3 is 12.3 Å². The average Bonchev–Trinajstić information content (AvgIpc) is 2.84. The Morgan fingerprint density at radius 2 is 2.10 bits per heavy atom. The third-order valence-corrected chi connectivity index (χ3v) is 3.22. The molecule has 0 spiro atoms. The Morgan fingerprint density at radius 1 is 1.33 bits per heavy atom. The zero-order chi connectivity index (χ0) is 15.3. The highest BCUT2D eigenvalue weighted by Gasteiger charge is 2.29. The molecular weight excluding hydrogens is 285 g/mol. The molecule has 7 heteroatoms. The molecule has 0 unspecified atom stereocenters. The molecule has 0 saturated carbocycles. The van der Waals surface area contributed by atoms with Crippen molar-refractivity contribution in [2.75, 3.05) is 31.1 Å². The topological polar surface area (TPSA) is 41.6 Å². The van der Waals surface area contributed by atoms with Gasteiger partial charge in [-0.3, -0.25) is 0 Å². The molecule has 116 valence electrons. The molecule has 1 aliphatic rings. The Labute approximate surface area is 120 Å². The number of benzene rings is 1. The van der Waals surface area contributed by atoms with Crippen LogP contribution in [0.1, 0.15) is 12.0 Å². The van der Waals surface area contributed by atoms with Gasteiger partial charge in [0.15, 0.2) is 6.61 Å². The Balaban J connectivity index is 1.64. The number of hydrogen-bond acceptors (Lipinski definition) is 3. The van der Waals surface area contributed by atoms with E-state index < -0.39 is 18.9 Å². The van der Waals surface area contributed by atoms with Crippen molar-refractivity contribution in [3.05, 3.63) is 29.8 Å². The fourth-order valence-corrected chi connectivity index (χ4v) is 2.30. The second-order valence-corrected chi connectivity index (χ2v) is 4.84. The minimum atomic E-state index is -4.49. The SMILES string of the molecule is O=C(NCCCN1CCc2ccccc21)OCC(F)(F)F. The van der Waals surface area contributed by atoms with E-state index in [1.807, 2.05) is 18.2 Å². The molecule has 1 aliphatic heterocycles. The summed E-state index contributed by atoms with van der Waals surface area (Å²) < 4.78 is 39.6. The van der Waals surface area contributed by atoms with Crippen LogP contribution in [0.4, 0.5) is 23.7 Å². The smallest absolute Gasteiger partial charge is 0.422 e. The van der Waals surface area contributed by atoms with Crippen molar-refractivity contribution in [1.82, 2.24) is 5.32 Å². The molecule has 4 nitrogen and oxygen atoms in total. The van der Waals surface area contributed by atoms with Crippen LogP contribution in [-0.2, 0) is 11.2 Å². The summed E-state index contributed by atoms with van der Waals surface area (Å²) in [6.07, 6.45) is -3.88. The highest BCUT2D eigenvalue weighted by molar-refractivity contribution is 5.67. The number of rotatable bonds is 5. The summed E-state index contributed by atoms with van der Waals surface area (Å²) >= 11 is 0. The highest BCUT2D eigenvalue weighted by atomic mass is 19.4. The molecule has 0 fully saturated rings. The summed E-state index contributed by atoms with van der Waals surface area (Å²) in [5.41, 5.74) is 2.49. The summed E-state index contributed by atoms with van der Waals surface area (Å²) in [6.45, 7) is 0.405. The highest BCUT2D eigenvalue weighted by Crippen LogP contribution is 2.27. The molecule has 1 amide bonds. The summed E-state index contributed by atoms with van der Waals surface area (Å²) in [5, 5.41) is 2.32. The second kappa shape index (κ2) is 6.69. The van der Waals surface area contributed by atoms with E-state index in [9.17, 15) is 18.0 Å². The number of nitrogens with one attached hydrogen (secondary N) is 1. The first-order valence-electron chi connectivity index (χ1n) is 6.76. The number of carbonyl (C=O) groups is 1. The van der Waals surface area contributed by atoms with Gasteiger partial charge in [0.05, 0.1) is 0 Å². The van der Waals surface area contributed by atoms with Gasteiger partial charge in [0.25, 0.3) is 0 Å². The maximum atomic E-state index is 11.8. The van der Waals surface area contributed by atoms with E-state index in [1.165, 1.54) is 11.3 Å². The minimum absolute atomic E-state index is 0.287. The number of carbonyl (C=O) groups excluding carboxylic acids is 1. The molecule has 0 radical (unpaired) electrons. The lowest BCUT2D eigenvalue weighted by Gasteiger charge is -2.19. The average molecular weight is 302 g/mol. The summed E-state index contributed by atoms with van der Waals surface area (Å²) in [5.74, 6) is 0. The van der Waals surface area contributed by atoms with Crippen LogP contribution in [0, 0.1) is 0 Å². The lowest BCUT2D eigenvalue weighted by Crippen LogP contribution is -2.31. The molecule has 1 aromatic rings. The Kier molecular flexibility index (Phi) is 4.93. The number of halogens is 3. The molecule has 0 aliphatic carbocycles. The number of alkyl carbamates (subject to hydrolysis) is 1. The zero-order valence-electron chi connectivity index (χ0n) is 11.4. The maximum absolute atomic E-state index is 11.8. The number of amides is 1. The predicted molar refractivity (Wildman–Crippen MR) is 72.4 cm³/mol. The van der Waals surface area contributed by atoms with Gasteiger partial charge in [-0.2, -0.15) is 13.2 Å². The van der Waals surface area contributed by atoms with Gasteiger partial charge in [0.1, 0.15) is 0 Å². The van der Waals surface area contributed by atoms with E-state index in [0.717, 1.165) is 19.5 Å². The van der Waals surface area contributed by atoms with Crippen LogP contribution in [-0.4, -0.2) is 38.5 Å². The lowest BCUT2D eigenvalue weighted by atomic mass is 10.2. The van der Waals surface area contributed by atoms with Crippen molar-refractivity contribution >= 4 is 11.8 Å². The number of nitrogens with zero attached hydrogens (tertiary/aromatic N) is 1. The fourth-order valence-electron chi connectivity index (χ4n) is 2.30. The van der Waals surface area contributed by atoms with Gasteiger partial charge in [0, 0.05) is 25.3 Å². The summed E-state index contributed by atoms with van der Waals surface area (Å²) in [7, 11) is 0. The van der Waals surface area contributed by atoms with E-state index >= 15 is 0 Å². The molecule has 2 rings (SSSR count). The number of anilines is 1. The number of alkyl halides is 3. The van der Waals surface area contributed by atoms with Gasteiger partial charge in [-0.15, -0.1) is 0 Å². The van der Waals surface area contributed by atoms with Crippen LogP contribution in [0.25, 0.3) is 0 Å². The number of hydrogen-bond donors (Lipinski definition) is 1. The van der Waals surface area contributed by atoms with Crippen LogP contribution in [0.15, 0.2) is 24.3 Å². The van der Waals surface area contributed by atoms with Crippen molar-refractivity contribution in [2.45, 2.75) is 19.0 Å². The largest absolute Gasteiger partial charge is 0.440 e. The molecule has 0 saturated heterocycles. The van der Waals surface area contributed by atoms with Gasteiger partial charge in [-0.05, 0) is 24.5 Å². The van der Waals surface area contributed by atoms with E-state index in [2.05, 4.69) is 21.0 Å². The normalized spacial score (nSPS) is 14.0. The molecule has 21 heavy (non-hydrogen) atoms. The first kappa shape index (κ1) is 15.5. The van der Waals surface area contributed by atoms with E-state index in [4.69, 9.17) is 0 Å². The number of fused-ring (bicyclic) bond motifs is 1. The Hall–Kier alpha value is -1.92. The van der Waals surface area contributed by atoms with Crippen molar-refractivity contribution in [1.29, 1.82) is 0 Å². The van der Waals surface area contributed by atoms with Crippen molar-refractivity contribution in [2.24, 2.45) is 0 Å². The predicted octanol–water partition coefficient (Wildman–Crippen LogP) is 2.73. The first-order valence-corrected chi connectivity index (χ1v) is 6.76. The number of ether oxygens (including phenoxy) is 1. The fraction of sp³-hybridized carbons (Fsp3) is 0.500. The first-order chi connectivity index (χ1) is 9.96. The Bertz CT molecular complexity index is 491. The van der Waals surface area contributed by atoms with E-state index in [-0.39, 0.29) is 6.54 Å². The van der Waals surface area contributed by atoms with Crippen LogP contribution < -0.4 is 10.2 Å².